The van der Waals surface area contributed by atoms with Crippen molar-refractivity contribution in [1.29, 1.82) is 0 Å². The molecule has 1 unspecified atom stereocenters. The van der Waals surface area contributed by atoms with Crippen molar-refractivity contribution in [2.24, 2.45) is 0 Å². The van der Waals surface area contributed by atoms with Crippen molar-refractivity contribution in [2.45, 2.75) is 23.6 Å². The summed E-state index contributed by atoms with van der Waals surface area (Å²) in [5, 5.41) is 1.73. The lowest BCUT2D eigenvalue weighted by atomic mass is 10.3. The topological polar surface area (TPSA) is 46.2 Å². The van der Waals surface area contributed by atoms with Gasteiger partial charge in [-0.15, -0.1) is 22.9 Å². The Bertz CT molecular complexity index is 357. The Balaban J connectivity index is 2.77. The van der Waals surface area contributed by atoms with Crippen molar-refractivity contribution >= 4 is 33.0 Å². The standard InChI is InChI=1S/C8H12ClNO2S2/c1-2-7(6-9)10-14(11,12)8-4-3-5-13-8/h3-5,7,10H,2,6H2,1H3. The summed E-state index contributed by atoms with van der Waals surface area (Å²) in [5.74, 6) is 0.293. The molecule has 3 nitrogen and oxygen atoms in total. The van der Waals surface area contributed by atoms with E-state index < -0.39 is 10.0 Å². The molecule has 1 heterocycles. The molecule has 0 aromatic carbocycles. The average Bonchev–Trinajstić information content (AvgIpc) is 2.67. The normalized spacial score (nSPS) is 14.1. The monoisotopic (exact) mass is 253 g/mol. The van der Waals surface area contributed by atoms with Crippen LogP contribution in [0, 0.1) is 0 Å². The summed E-state index contributed by atoms with van der Waals surface area (Å²) in [6.07, 6.45) is 0.689. The fourth-order valence-electron chi connectivity index (χ4n) is 0.918. The molecule has 1 aromatic heterocycles. The van der Waals surface area contributed by atoms with Crippen LogP contribution in [-0.4, -0.2) is 20.3 Å². The Morgan fingerprint density at radius 3 is 2.79 bits per heavy atom. The van der Waals surface area contributed by atoms with Crippen LogP contribution in [0.1, 0.15) is 13.3 Å². The number of hydrogen-bond donors (Lipinski definition) is 1. The smallest absolute Gasteiger partial charge is 0.206 e. The van der Waals surface area contributed by atoms with E-state index >= 15 is 0 Å². The van der Waals surface area contributed by atoms with Gasteiger partial charge >= 0.3 is 0 Å². The van der Waals surface area contributed by atoms with Gasteiger partial charge in [0.15, 0.2) is 0 Å². The van der Waals surface area contributed by atoms with Crippen LogP contribution in [0.25, 0.3) is 0 Å². The molecule has 14 heavy (non-hydrogen) atoms. The van der Waals surface area contributed by atoms with Gasteiger partial charge in [-0.2, -0.15) is 0 Å². The predicted molar refractivity (Wildman–Crippen MR) is 59.4 cm³/mol. The average molecular weight is 254 g/mol. The second kappa shape index (κ2) is 5.11. The molecular weight excluding hydrogens is 242 g/mol. The molecule has 0 aliphatic rings. The van der Waals surface area contributed by atoms with Crippen LogP contribution >= 0.6 is 22.9 Å². The fourth-order valence-corrected chi connectivity index (χ4v) is 3.63. The molecule has 0 spiro atoms. The van der Waals surface area contributed by atoms with E-state index in [1.165, 1.54) is 11.3 Å². The molecular formula is C8H12ClNO2S2. The molecule has 1 N–H and O–H groups in total. The summed E-state index contributed by atoms with van der Waals surface area (Å²) in [6, 6.07) is 3.10. The van der Waals surface area contributed by atoms with E-state index in [1.54, 1.807) is 17.5 Å². The quantitative estimate of drug-likeness (QED) is 0.817. The van der Waals surface area contributed by atoms with Gasteiger partial charge in [0.1, 0.15) is 4.21 Å². The van der Waals surface area contributed by atoms with Crippen molar-refractivity contribution in [3.8, 4) is 0 Å². The third kappa shape index (κ3) is 2.95. The summed E-state index contributed by atoms with van der Waals surface area (Å²) in [5.41, 5.74) is 0. The predicted octanol–water partition coefficient (Wildman–Crippen LogP) is 2.04. The second-order valence-corrected chi connectivity index (χ2v) is 6.01. The summed E-state index contributed by atoms with van der Waals surface area (Å²) in [6.45, 7) is 1.89. The van der Waals surface area contributed by atoms with Crippen LogP contribution < -0.4 is 4.72 Å². The molecule has 0 saturated heterocycles. The zero-order chi connectivity index (χ0) is 10.6. The van der Waals surface area contributed by atoms with Gasteiger partial charge < -0.3 is 0 Å². The Hall–Kier alpha value is -0.100. The first-order chi connectivity index (χ1) is 6.60. The zero-order valence-electron chi connectivity index (χ0n) is 7.73. The number of thiophene rings is 1. The molecule has 6 heteroatoms. The van der Waals surface area contributed by atoms with E-state index in [4.69, 9.17) is 11.6 Å². The van der Waals surface area contributed by atoms with Gasteiger partial charge in [-0.05, 0) is 17.9 Å². The van der Waals surface area contributed by atoms with Crippen molar-refractivity contribution in [3.63, 3.8) is 0 Å². The lowest BCUT2D eigenvalue weighted by molar-refractivity contribution is 0.559. The number of alkyl halides is 1. The maximum Gasteiger partial charge on any atom is 0.250 e. The summed E-state index contributed by atoms with van der Waals surface area (Å²) >= 11 is 6.81. The number of sulfonamides is 1. The first kappa shape index (κ1) is 12.0. The van der Waals surface area contributed by atoms with Gasteiger partial charge in [0, 0.05) is 11.9 Å². The van der Waals surface area contributed by atoms with E-state index in [2.05, 4.69) is 4.72 Å². The van der Waals surface area contributed by atoms with Gasteiger partial charge in [0.05, 0.1) is 0 Å². The molecule has 0 fully saturated rings. The first-order valence-electron chi connectivity index (χ1n) is 4.22. The third-order valence-corrected chi connectivity index (χ3v) is 5.05. The molecule has 0 radical (unpaired) electrons. The maximum atomic E-state index is 11.7. The largest absolute Gasteiger partial charge is 0.250 e. The van der Waals surface area contributed by atoms with Crippen LogP contribution in [0.15, 0.2) is 21.7 Å². The molecule has 1 atom stereocenters. The van der Waals surface area contributed by atoms with Crippen LogP contribution in [0.4, 0.5) is 0 Å². The molecule has 1 aromatic rings. The van der Waals surface area contributed by atoms with Crippen LogP contribution in [0.3, 0.4) is 0 Å². The summed E-state index contributed by atoms with van der Waals surface area (Å²) < 4.78 is 26.2. The number of nitrogens with one attached hydrogen (secondary N) is 1. The maximum absolute atomic E-state index is 11.7. The van der Waals surface area contributed by atoms with Crippen molar-refractivity contribution in [1.82, 2.24) is 4.72 Å². The molecule has 0 saturated carbocycles. The lowest BCUT2D eigenvalue weighted by Crippen LogP contribution is -2.35. The van der Waals surface area contributed by atoms with Gasteiger partial charge in [-0.25, -0.2) is 13.1 Å². The lowest BCUT2D eigenvalue weighted by Gasteiger charge is -2.12. The highest BCUT2D eigenvalue weighted by molar-refractivity contribution is 7.91. The van der Waals surface area contributed by atoms with Crippen LogP contribution in [0.5, 0.6) is 0 Å². The Kier molecular flexibility index (Phi) is 4.37. The molecule has 0 aliphatic carbocycles. The minimum absolute atomic E-state index is 0.191. The van der Waals surface area contributed by atoms with Gasteiger partial charge in [-0.3, -0.25) is 0 Å². The molecule has 80 valence electrons. The Labute approximate surface area is 93.1 Å². The van der Waals surface area contributed by atoms with Crippen molar-refractivity contribution in [2.75, 3.05) is 5.88 Å². The Morgan fingerprint density at radius 1 is 1.64 bits per heavy atom. The van der Waals surface area contributed by atoms with Gasteiger partial charge in [0.25, 0.3) is 0 Å². The third-order valence-electron chi connectivity index (χ3n) is 1.76. The summed E-state index contributed by atoms with van der Waals surface area (Å²) in [4.78, 5) is 0. The first-order valence-corrected chi connectivity index (χ1v) is 7.11. The highest BCUT2D eigenvalue weighted by atomic mass is 35.5. The minimum atomic E-state index is -3.36. The highest BCUT2D eigenvalue weighted by Gasteiger charge is 2.18. The van der Waals surface area contributed by atoms with E-state index in [0.29, 0.717) is 16.5 Å². The minimum Gasteiger partial charge on any atom is -0.206 e. The van der Waals surface area contributed by atoms with E-state index in [0.717, 1.165) is 0 Å². The second-order valence-electron chi connectivity index (χ2n) is 2.81. The molecule has 1 rings (SSSR count). The fraction of sp³-hybridized carbons (Fsp3) is 0.500. The highest BCUT2D eigenvalue weighted by Crippen LogP contribution is 2.16. The molecule has 0 bridgehead atoms. The van der Waals surface area contributed by atoms with Crippen LogP contribution in [0.2, 0.25) is 0 Å². The van der Waals surface area contributed by atoms with E-state index in [1.807, 2.05) is 6.92 Å². The molecule has 0 aliphatic heterocycles. The van der Waals surface area contributed by atoms with E-state index in [-0.39, 0.29) is 6.04 Å². The molecule has 0 amide bonds. The zero-order valence-corrected chi connectivity index (χ0v) is 10.1. The van der Waals surface area contributed by atoms with Crippen molar-refractivity contribution in [3.05, 3.63) is 17.5 Å². The van der Waals surface area contributed by atoms with E-state index in [9.17, 15) is 8.42 Å². The number of halogens is 1. The Morgan fingerprint density at radius 2 is 2.36 bits per heavy atom. The van der Waals surface area contributed by atoms with Gasteiger partial charge in [-0.1, -0.05) is 13.0 Å². The SMILES string of the molecule is CCC(CCl)NS(=O)(=O)c1cccs1. The van der Waals surface area contributed by atoms with Gasteiger partial charge in [0.2, 0.25) is 10.0 Å². The summed E-state index contributed by atoms with van der Waals surface area (Å²) in [7, 11) is -3.36. The van der Waals surface area contributed by atoms with Crippen molar-refractivity contribution < 1.29 is 8.42 Å². The number of hydrogen-bond acceptors (Lipinski definition) is 3. The van der Waals surface area contributed by atoms with Crippen LogP contribution in [-0.2, 0) is 10.0 Å². The number of rotatable bonds is 5.